The molecule has 0 amide bonds. The number of carbonyl (C=O) groups is 2. The number of ether oxygens (including phenoxy) is 3. The fraction of sp³-hybridized carbons (Fsp3) is 0.321. The smallest absolute Gasteiger partial charge is 0.329 e. The number of hydroxylamine groups is 1. The van der Waals surface area contributed by atoms with Crippen LogP contribution in [0.5, 0.6) is 23.1 Å². The van der Waals surface area contributed by atoms with Crippen molar-refractivity contribution in [2.45, 2.75) is 53.6 Å². The predicted octanol–water partition coefficient (Wildman–Crippen LogP) is 4.22. The number of aromatic hydroxyl groups is 1. The normalized spacial score (nSPS) is 16.0. The molecule has 2 aromatic carbocycles. The minimum atomic E-state index is -0.955. The number of rotatable bonds is 8. The summed E-state index contributed by atoms with van der Waals surface area (Å²) in [6, 6.07) is 7.31. The minimum Gasteiger partial charge on any atom is -0.494 e. The van der Waals surface area contributed by atoms with Gasteiger partial charge in [-0.2, -0.15) is 0 Å². The molecule has 1 unspecified atom stereocenters. The summed E-state index contributed by atoms with van der Waals surface area (Å²) in [5.41, 5.74) is 5.96. The lowest BCUT2D eigenvalue weighted by Crippen LogP contribution is -2.41. The molecule has 1 aliphatic heterocycles. The van der Waals surface area contributed by atoms with Gasteiger partial charge in [-0.3, -0.25) is 19.4 Å². The predicted molar refractivity (Wildman–Crippen MR) is 145 cm³/mol. The van der Waals surface area contributed by atoms with Crippen LogP contribution < -0.4 is 24.6 Å². The summed E-state index contributed by atoms with van der Waals surface area (Å²) < 4.78 is 18.0. The summed E-state index contributed by atoms with van der Waals surface area (Å²) in [5, 5.41) is 9.83. The lowest BCUT2D eigenvalue weighted by Gasteiger charge is -2.36. The van der Waals surface area contributed by atoms with Crippen LogP contribution in [0.3, 0.4) is 0 Å². The molecule has 0 radical (unpaired) electrons. The van der Waals surface area contributed by atoms with Crippen molar-refractivity contribution in [3.63, 3.8) is 0 Å². The van der Waals surface area contributed by atoms with Crippen molar-refractivity contribution < 1.29 is 33.7 Å². The van der Waals surface area contributed by atoms with E-state index < -0.39 is 17.5 Å². The van der Waals surface area contributed by atoms with E-state index in [0.29, 0.717) is 45.4 Å². The van der Waals surface area contributed by atoms with Gasteiger partial charge in [0.15, 0.2) is 5.60 Å². The van der Waals surface area contributed by atoms with Gasteiger partial charge in [0.25, 0.3) is 0 Å². The van der Waals surface area contributed by atoms with E-state index in [0.717, 1.165) is 28.0 Å². The van der Waals surface area contributed by atoms with Gasteiger partial charge < -0.3 is 24.2 Å². The molecule has 3 N–H and O–H groups in total. The van der Waals surface area contributed by atoms with E-state index >= 15 is 0 Å². The maximum atomic E-state index is 11.8. The summed E-state index contributed by atoms with van der Waals surface area (Å²) in [5.74, 6) is 0.504. The average molecular weight is 555 g/mol. The molecule has 206 valence electrons. The second-order valence-corrected chi connectivity index (χ2v) is 10.6. The van der Waals surface area contributed by atoms with Crippen molar-refractivity contribution in [3.8, 4) is 23.1 Å². The van der Waals surface area contributed by atoms with Crippen molar-refractivity contribution in [1.29, 1.82) is 0 Å². The average Bonchev–Trinajstić information content (AvgIpc) is 3.19. The third-order valence-electron chi connectivity index (χ3n) is 6.31. The number of fused-ring (bicyclic) bond motifs is 1. The van der Waals surface area contributed by atoms with Crippen LogP contribution >= 0.6 is 11.3 Å². The number of benzene rings is 2. The van der Waals surface area contributed by atoms with Crippen molar-refractivity contribution in [1.82, 2.24) is 10.5 Å². The minimum absolute atomic E-state index is 0.112. The Labute approximate surface area is 229 Å². The Morgan fingerprint density at radius 3 is 2.36 bits per heavy atom. The van der Waals surface area contributed by atoms with Crippen LogP contribution in [0.25, 0.3) is 5.70 Å². The molecular formula is C28H30N2O8S. The van der Waals surface area contributed by atoms with Crippen LogP contribution in [-0.4, -0.2) is 34.2 Å². The SMILES string of the molecule is CC(=O)ONC1=CC(C)(COc2ccc(Cc3sc(=O)[nH]c3O)cc2)Oc2c(C)c(C)c(OC(C)=O)c(C)c21. The molecule has 1 aliphatic rings. The second-order valence-electron chi connectivity index (χ2n) is 9.57. The van der Waals surface area contributed by atoms with Crippen molar-refractivity contribution in [2.75, 3.05) is 6.61 Å². The molecular weight excluding hydrogens is 524 g/mol. The molecule has 11 heteroatoms. The van der Waals surface area contributed by atoms with Crippen molar-refractivity contribution in [2.24, 2.45) is 0 Å². The zero-order valence-electron chi connectivity index (χ0n) is 22.5. The summed E-state index contributed by atoms with van der Waals surface area (Å²) in [4.78, 5) is 42.5. The quantitative estimate of drug-likeness (QED) is 0.212. The van der Waals surface area contributed by atoms with E-state index in [2.05, 4.69) is 10.5 Å². The van der Waals surface area contributed by atoms with Gasteiger partial charge in [0.2, 0.25) is 5.88 Å². The Kier molecular flexibility index (Phi) is 7.73. The molecule has 10 nitrogen and oxygen atoms in total. The maximum Gasteiger partial charge on any atom is 0.329 e. The zero-order chi connectivity index (χ0) is 28.5. The van der Waals surface area contributed by atoms with E-state index in [1.165, 1.54) is 13.8 Å². The lowest BCUT2D eigenvalue weighted by atomic mass is 9.90. The van der Waals surface area contributed by atoms with Gasteiger partial charge >= 0.3 is 16.8 Å². The first-order chi connectivity index (χ1) is 18.4. The second kappa shape index (κ2) is 10.9. The van der Waals surface area contributed by atoms with Gasteiger partial charge in [0.1, 0.15) is 23.9 Å². The molecule has 0 aliphatic carbocycles. The third kappa shape index (κ3) is 6.09. The molecule has 2 heterocycles. The molecule has 1 atom stereocenters. The number of aromatic amines is 1. The molecule has 0 saturated heterocycles. The fourth-order valence-electron chi connectivity index (χ4n) is 4.35. The van der Waals surface area contributed by atoms with E-state index in [9.17, 15) is 19.5 Å². The molecule has 4 rings (SSSR count). The van der Waals surface area contributed by atoms with E-state index in [1.807, 2.05) is 39.8 Å². The Morgan fingerprint density at radius 2 is 1.77 bits per heavy atom. The van der Waals surface area contributed by atoms with E-state index in [-0.39, 0.29) is 17.4 Å². The maximum absolute atomic E-state index is 11.8. The van der Waals surface area contributed by atoms with Crippen molar-refractivity contribution >= 4 is 29.0 Å². The van der Waals surface area contributed by atoms with Gasteiger partial charge in [-0.1, -0.05) is 23.5 Å². The monoisotopic (exact) mass is 554 g/mol. The number of nitrogens with one attached hydrogen (secondary N) is 2. The number of esters is 1. The van der Waals surface area contributed by atoms with E-state index in [1.54, 1.807) is 18.2 Å². The van der Waals surface area contributed by atoms with Gasteiger partial charge in [0, 0.05) is 31.4 Å². The zero-order valence-corrected chi connectivity index (χ0v) is 23.3. The van der Waals surface area contributed by atoms with Gasteiger partial charge in [-0.15, -0.1) is 0 Å². The summed E-state index contributed by atoms with van der Waals surface area (Å²) >= 11 is 0.972. The first kappa shape index (κ1) is 27.8. The lowest BCUT2D eigenvalue weighted by molar-refractivity contribution is -0.145. The number of H-pyrrole nitrogens is 1. The van der Waals surface area contributed by atoms with Crippen LogP contribution in [-0.2, 0) is 20.8 Å². The topological polar surface area (TPSA) is 136 Å². The Morgan fingerprint density at radius 1 is 1.08 bits per heavy atom. The summed E-state index contributed by atoms with van der Waals surface area (Å²) in [6.07, 6.45) is 2.18. The van der Waals surface area contributed by atoms with Crippen molar-refractivity contribution in [3.05, 3.63) is 72.7 Å². The first-order valence-corrected chi connectivity index (χ1v) is 13.0. The molecule has 1 aromatic heterocycles. The number of aromatic nitrogens is 1. The molecule has 0 fully saturated rings. The third-order valence-corrected chi connectivity index (χ3v) is 7.18. The van der Waals surface area contributed by atoms with Gasteiger partial charge in [-0.25, -0.2) is 5.48 Å². The van der Waals surface area contributed by atoms with Gasteiger partial charge in [0.05, 0.1) is 10.6 Å². The van der Waals surface area contributed by atoms with Crippen LogP contribution in [0, 0.1) is 20.8 Å². The Bertz CT molecular complexity index is 1520. The molecule has 39 heavy (non-hydrogen) atoms. The molecule has 0 bridgehead atoms. The molecule has 3 aromatic rings. The van der Waals surface area contributed by atoms with Crippen LogP contribution in [0.1, 0.15) is 53.5 Å². The van der Waals surface area contributed by atoms with Gasteiger partial charge in [-0.05, 0) is 62.6 Å². The van der Waals surface area contributed by atoms with Crippen LogP contribution in [0.4, 0.5) is 0 Å². The number of thiazole rings is 1. The fourth-order valence-corrected chi connectivity index (χ4v) is 5.11. The first-order valence-electron chi connectivity index (χ1n) is 12.2. The summed E-state index contributed by atoms with van der Waals surface area (Å²) in [7, 11) is 0. The molecule has 0 saturated carbocycles. The highest BCUT2D eigenvalue weighted by Gasteiger charge is 2.36. The van der Waals surface area contributed by atoms with Crippen LogP contribution in [0.2, 0.25) is 0 Å². The Hall–Kier alpha value is -4.25. The highest BCUT2D eigenvalue weighted by atomic mass is 32.1. The Balaban J connectivity index is 1.59. The van der Waals surface area contributed by atoms with Crippen LogP contribution in [0.15, 0.2) is 35.1 Å². The van der Waals surface area contributed by atoms with E-state index in [4.69, 9.17) is 19.0 Å². The largest absolute Gasteiger partial charge is 0.494 e. The number of carbonyl (C=O) groups excluding carboxylic acids is 2. The number of hydrogen-bond donors (Lipinski definition) is 3. The summed E-state index contributed by atoms with van der Waals surface area (Å²) in [6.45, 7) is 10.1. The number of hydrogen-bond acceptors (Lipinski definition) is 10. The molecule has 0 spiro atoms. The standard InChI is InChI=1S/C28H30N2O8S/c1-14-15(2)25-23(16(3)24(14)36-17(4)31)21(30-38-18(5)32)12-28(6,37-25)13-35-20-9-7-19(8-10-20)11-22-26(33)29-27(34)39-22/h7-10,12,30,33H,11,13H2,1-6H3,(H,29,34). The highest BCUT2D eigenvalue weighted by Crippen LogP contribution is 2.45. The highest BCUT2D eigenvalue weighted by molar-refractivity contribution is 7.09.